The Labute approximate surface area is 194 Å². The minimum atomic E-state index is -0.166. The fourth-order valence-corrected chi connectivity index (χ4v) is 3.52. The number of para-hydroxylation sites is 2. The smallest absolute Gasteiger partial charge is 0.227 e. The van der Waals surface area contributed by atoms with E-state index in [2.05, 4.69) is 69.1 Å². The van der Waals surface area contributed by atoms with E-state index in [4.69, 9.17) is 0 Å². The van der Waals surface area contributed by atoms with E-state index >= 15 is 0 Å². The predicted octanol–water partition coefficient (Wildman–Crippen LogP) is 7.64. The Balaban J connectivity index is 1.95. The minimum Gasteiger partial charge on any atom is -0.385 e. The first-order valence-corrected chi connectivity index (χ1v) is 11.6. The van der Waals surface area contributed by atoms with Crippen LogP contribution in [0.5, 0.6) is 0 Å². The van der Waals surface area contributed by atoms with E-state index < -0.39 is 0 Å². The van der Waals surface area contributed by atoms with Gasteiger partial charge in [-0.1, -0.05) is 88.4 Å². The number of allylic oxidation sites excluding steroid dienone is 4. The van der Waals surface area contributed by atoms with Crippen LogP contribution in [-0.2, 0) is 10.2 Å². The van der Waals surface area contributed by atoms with Crippen LogP contribution in [0, 0.1) is 0 Å². The standard InChI is InChI=1S/C29H38N2O/c1-6-7-22-30-28-21-15-14-20-27(28)29(4,5)24(2)17-11-8-9-16-23-31(25(3)32)26-18-12-10-13-19-26/h10-21,23,30H,2,6-9,22H2,1,3-5H3/b17-11+,23-16+. The van der Waals surface area contributed by atoms with Crippen molar-refractivity contribution in [3.63, 3.8) is 0 Å². The van der Waals surface area contributed by atoms with Crippen LogP contribution in [0.25, 0.3) is 0 Å². The van der Waals surface area contributed by atoms with Crippen molar-refractivity contribution in [1.82, 2.24) is 0 Å². The van der Waals surface area contributed by atoms with E-state index in [9.17, 15) is 4.79 Å². The number of unbranched alkanes of at least 4 members (excludes halogenated alkanes) is 2. The number of hydrogen-bond acceptors (Lipinski definition) is 2. The highest BCUT2D eigenvalue weighted by Gasteiger charge is 2.25. The zero-order valence-corrected chi connectivity index (χ0v) is 20.1. The zero-order valence-electron chi connectivity index (χ0n) is 20.1. The van der Waals surface area contributed by atoms with Gasteiger partial charge in [-0.15, -0.1) is 0 Å². The molecule has 0 bridgehead atoms. The Morgan fingerprint density at radius 1 is 1.03 bits per heavy atom. The normalized spacial score (nSPS) is 11.8. The Hall–Kier alpha value is -3.07. The maximum atomic E-state index is 12.0. The molecule has 0 heterocycles. The first-order chi connectivity index (χ1) is 15.4. The number of amides is 1. The summed E-state index contributed by atoms with van der Waals surface area (Å²) in [6, 6.07) is 18.2. The van der Waals surface area contributed by atoms with Crippen molar-refractivity contribution >= 4 is 17.3 Å². The van der Waals surface area contributed by atoms with Crippen molar-refractivity contribution in [1.29, 1.82) is 0 Å². The molecule has 0 aliphatic rings. The van der Waals surface area contributed by atoms with Crippen LogP contribution in [-0.4, -0.2) is 12.5 Å². The molecular weight excluding hydrogens is 392 g/mol. The van der Waals surface area contributed by atoms with Crippen molar-refractivity contribution in [2.24, 2.45) is 0 Å². The zero-order chi connectivity index (χ0) is 23.4. The number of carbonyl (C=O) groups excluding carboxylic acids is 1. The fourth-order valence-electron chi connectivity index (χ4n) is 3.52. The van der Waals surface area contributed by atoms with Crippen LogP contribution in [0.4, 0.5) is 11.4 Å². The number of nitrogens with zero attached hydrogens (tertiary/aromatic N) is 1. The number of anilines is 2. The molecule has 0 atom stereocenters. The molecule has 0 spiro atoms. The number of carbonyl (C=O) groups is 1. The van der Waals surface area contributed by atoms with Gasteiger partial charge in [0.2, 0.25) is 5.91 Å². The van der Waals surface area contributed by atoms with Gasteiger partial charge in [0.25, 0.3) is 0 Å². The molecule has 0 saturated carbocycles. The van der Waals surface area contributed by atoms with E-state index in [1.807, 2.05) is 42.6 Å². The van der Waals surface area contributed by atoms with E-state index in [0.717, 1.165) is 37.1 Å². The molecule has 0 unspecified atom stereocenters. The van der Waals surface area contributed by atoms with Crippen molar-refractivity contribution < 1.29 is 4.79 Å². The lowest BCUT2D eigenvalue weighted by molar-refractivity contribution is -0.116. The predicted molar refractivity (Wildman–Crippen MR) is 139 cm³/mol. The molecule has 2 aromatic carbocycles. The van der Waals surface area contributed by atoms with Crippen LogP contribution in [0.3, 0.4) is 0 Å². The molecule has 3 nitrogen and oxygen atoms in total. The van der Waals surface area contributed by atoms with Crippen LogP contribution >= 0.6 is 0 Å². The second kappa shape index (κ2) is 12.7. The third-order valence-electron chi connectivity index (χ3n) is 5.70. The van der Waals surface area contributed by atoms with Gasteiger partial charge in [0.05, 0.1) is 0 Å². The average molecular weight is 431 g/mol. The van der Waals surface area contributed by atoms with Crippen molar-refractivity contribution in [2.45, 2.75) is 58.8 Å². The Morgan fingerprint density at radius 3 is 2.38 bits per heavy atom. The molecular formula is C29H38N2O. The van der Waals surface area contributed by atoms with Gasteiger partial charge in [0, 0.05) is 36.5 Å². The number of hydrogen-bond donors (Lipinski definition) is 1. The Morgan fingerprint density at radius 2 is 1.69 bits per heavy atom. The minimum absolute atomic E-state index is 0.00401. The van der Waals surface area contributed by atoms with Crippen molar-refractivity contribution in [2.75, 3.05) is 16.8 Å². The first kappa shape index (κ1) is 25.2. The van der Waals surface area contributed by atoms with Gasteiger partial charge in [-0.25, -0.2) is 0 Å². The van der Waals surface area contributed by atoms with Gasteiger partial charge in [-0.2, -0.15) is 0 Å². The summed E-state index contributed by atoms with van der Waals surface area (Å²) in [7, 11) is 0. The van der Waals surface area contributed by atoms with Crippen molar-refractivity contribution in [3.8, 4) is 0 Å². The van der Waals surface area contributed by atoms with Gasteiger partial charge < -0.3 is 5.32 Å². The summed E-state index contributed by atoms with van der Waals surface area (Å²) in [5.41, 5.74) is 4.26. The molecule has 1 N–H and O–H groups in total. The molecule has 1 amide bonds. The summed E-state index contributed by atoms with van der Waals surface area (Å²) in [5, 5.41) is 3.59. The highest BCUT2D eigenvalue weighted by Crippen LogP contribution is 2.36. The Kier molecular flexibility index (Phi) is 10.0. The second-order valence-electron chi connectivity index (χ2n) is 8.57. The van der Waals surface area contributed by atoms with Crippen molar-refractivity contribution in [3.05, 3.63) is 96.7 Å². The molecule has 0 aromatic heterocycles. The molecule has 0 fully saturated rings. The summed E-state index contributed by atoms with van der Waals surface area (Å²) in [5.74, 6) is 0.00401. The topological polar surface area (TPSA) is 32.3 Å². The van der Waals surface area contributed by atoms with E-state index in [-0.39, 0.29) is 11.3 Å². The van der Waals surface area contributed by atoms with Gasteiger partial charge >= 0.3 is 0 Å². The van der Waals surface area contributed by atoms with Crippen LogP contribution in [0.1, 0.15) is 58.9 Å². The highest BCUT2D eigenvalue weighted by molar-refractivity contribution is 5.93. The fraction of sp³-hybridized carbons (Fsp3) is 0.345. The van der Waals surface area contributed by atoms with E-state index in [1.54, 1.807) is 11.8 Å². The molecule has 2 aromatic rings. The van der Waals surface area contributed by atoms with Gasteiger partial charge in [0.15, 0.2) is 0 Å². The molecule has 3 heteroatoms. The van der Waals surface area contributed by atoms with Crippen LogP contribution in [0.15, 0.2) is 91.2 Å². The SMILES string of the molecule is C=C(/C=C/CC/C=C/N(C(C)=O)c1ccccc1)C(C)(C)c1ccccc1NCCCC. The number of rotatable bonds is 12. The molecule has 0 radical (unpaired) electrons. The lowest BCUT2D eigenvalue weighted by Crippen LogP contribution is -2.21. The van der Waals surface area contributed by atoms with Crippen LogP contribution < -0.4 is 10.2 Å². The molecule has 2 rings (SSSR count). The van der Waals surface area contributed by atoms with Gasteiger partial charge in [-0.05, 0) is 48.6 Å². The third kappa shape index (κ3) is 7.26. The van der Waals surface area contributed by atoms with Gasteiger partial charge in [0.1, 0.15) is 0 Å². The summed E-state index contributed by atoms with van der Waals surface area (Å²) < 4.78 is 0. The molecule has 0 aliphatic carbocycles. The van der Waals surface area contributed by atoms with E-state index in [1.165, 1.54) is 17.7 Å². The quantitative estimate of drug-likeness (QED) is 0.277. The molecule has 170 valence electrons. The monoisotopic (exact) mass is 430 g/mol. The maximum absolute atomic E-state index is 12.0. The molecule has 32 heavy (non-hydrogen) atoms. The van der Waals surface area contributed by atoms with Gasteiger partial charge in [-0.3, -0.25) is 9.69 Å². The van der Waals surface area contributed by atoms with Crippen LogP contribution in [0.2, 0.25) is 0 Å². The third-order valence-corrected chi connectivity index (χ3v) is 5.70. The lowest BCUT2D eigenvalue weighted by atomic mass is 9.77. The summed E-state index contributed by atoms with van der Waals surface area (Å²) in [6.45, 7) is 13.6. The average Bonchev–Trinajstić information content (AvgIpc) is 2.79. The number of benzene rings is 2. The largest absolute Gasteiger partial charge is 0.385 e. The summed E-state index contributed by atoms with van der Waals surface area (Å²) in [4.78, 5) is 13.6. The van der Waals surface area contributed by atoms with E-state index in [0.29, 0.717) is 0 Å². The number of nitrogens with one attached hydrogen (secondary N) is 1. The molecule has 0 saturated heterocycles. The highest BCUT2D eigenvalue weighted by atomic mass is 16.2. The summed E-state index contributed by atoms with van der Waals surface area (Å²) >= 11 is 0. The Bertz CT molecular complexity index is 925. The maximum Gasteiger partial charge on any atom is 0.227 e. The lowest BCUT2D eigenvalue weighted by Gasteiger charge is -2.29. The second-order valence-corrected chi connectivity index (χ2v) is 8.57. The summed E-state index contributed by atoms with van der Waals surface area (Å²) in [6.07, 6.45) is 12.3. The first-order valence-electron chi connectivity index (χ1n) is 11.6. The molecule has 0 aliphatic heterocycles.